The van der Waals surface area contributed by atoms with Crippen molar-refractivity contribution >= 4 is 0 Å². The van der Waals surface area contributed by atoms with Crippen LogP contribution in [-0.2, 0) is 6.61 Å². The molecule has 100 valence electrons. The summed E-state index contributed by atoms with van der Waals surface area (Å²) in [5.41, 5.74) is 2.70. The molecule has 2 rings (SSSR count). The Kier molecular flexibility index (Phi) is 4.53. The Hall–Kier alpha value is -1.87. The van der Waals surface area contributed by atoms with E-state index in [-0.39, 0.29) is 0 Å². The van der Waals surface area contributed by atoms with Gasteiger partial charge in [-0.15, -0.1) is 0 Å². The highest BCUT2D eigenvalue weighted by Crippen LogP contribution is 2.27. The standard InChI is InChI=1S/C16H19NO2/c1-3-15(18)14-9-4-5-10-16(14)19-11-13-8-6-7-12(2)17-13/h4-10,15,18H,3,11H2,1-2H3. The van der Waals surface area contributed by atoms with Crippen molar-refractivity contribution in [3.05, 3.63) is 59.4 Å². The lowest BCUT2D eigenvalue weighted by atomic mass is 10.1. The van der Waals surface area contributed by atoms with Crippen molar-refractivity contribution in [2.75, 3.05) is 0 Å². The summed E-state index contributed by atoms with van der Waals surface area (Å²) in [5.74, 6) is 0.722. The number of aromatic nitrogens is 1. The summed E-state index contributed by atoms with van der Waals surface area (Å²) in [6.07, 6.45) is 0.185. The molecule has 19 heavy (non-hydrogen) atoms. The quantitative estimate of drug-likeness (QED) is 0.892. The third-order valence-electron chi connectivity index (χ3n) is 2.99. The summed E-state index contributed by atoms with van der Waals surface area (Å²) in [5, 5.41) is 9.96. The molecule has 0 aliphatic carbocycles. The smallest absolute Gasteiger partial charge is 0.130 e. The van der Waals surface area contributed by atoms with Crippen molar-refractivity contribution in [2.24, 2.45) is 0 Å². The van der Waals surface area contributed by atoms with E-state index in [1.54, 1.807) is 0 Å². The van der Waals surface area contributed by atoms with E-state index in [0.717, 1.165) is 22.7 Å². The van der Waals surface area contributed by atoms with E-state index in [4.69, 9.17) is 4.74 Å². The Morgan fingerprint density at radius 2 is 1.95 bits per heavy atom. The second-order valence-electron chi connectivity index (χ2n) is 4.52. The Morgan fingerprint density at radius 3 is 2.68 bits per heavy atom. The van der Waals surface area contributed by atoms with E-state index in [1.165, 1.54) is 0 Å². The number of hydrogen-bond acceptors (Lipinski definition) is 3. The lowest BCUT2D eigenvalue weighted by Gasteiger charge is -2.14. The highest BCUT2D eigenvalue weighted by atomic mass is 16.5. The van der Waals surface area contributed by atoms with Crippen molar-refractivity contribution in [1.29, 1.82) is 0 Å². The third kappa shape index (κ3) is 3.55. The van der Waals surface area contributed by atoms with Crippen molar-refractivity contribution < 1.29 is 9.84 Å². The molecular formula is C16H19NO2. The van der Waals surface area contributed by atoms with E-state index >= 15 is 0 Å². The van der Waals surface area contributed by atoms with Crippen LogP contribution in [0.25, 0.3) is 0 Å². The number of hydrogen-bond donors (Lipinski definition) is 1. The number of pyridine rings is 1. The summed E-state index contributed by atoms with van der Waals surface area (Å²) < 4.78 is 5.78. The van der Waals surface area contributed by atoms with Crippen LogP contribution in [-0.4, -0.2) is 10.1 Å². The fraction of sp³-hybridized carbons (Fsp3) is 0.312. The molecule has 0 spiro atoms. The third-order valence-corrected chi connectivity index (χ3v) is 2.99. The van der Waals surface area contributed by atoms with Crippen LogP contribution in [0.1, 0.15) is 36.4 Å². The molecular weight excluding hydrogens is 238 g/mol. The summed E-state index contributed by atoms with van der Waals surface area (Å²) in [4.78, 5) is 4.40. The Labute approximate surface area is 113 Å². The van der Waals surface area contributed by atoms with Gasteiger partial charge in [0.2, 0.25) is 0 Å². The number of ether oxygens (including phenoxy) is 1. The molecule has 0 radical (unpaired) electrons. The van der Waals surface area contributed by atoms with Crippen LogP contribution in [0.2, 0.25) is 0 Å². The molecule has 0 aliphatic heterocycles. The van der Waals surface area contributed by atoms with Crippen LogP contribution in [0.15, 0.2) is 42.5 Å². The van der Waals surface area contributed by atoms with Crippen LogP contribution in [0.3, 0.4) is 0 Å². The average Bonchev–Trinajstić information content (AvgIpc) is 2.45. The van der Waals surface area contributed by atoms with Crippen LogP contribution in [0.4, 0.5) is 0 Å². The van der Waals surface area contributed by atoms with Crippen molar-refractivity contribution in [1.82, 2.24) is 4.98 Å². The molecule has 1 heterocycles. The van der Waals surface area contributed by atoms with Gasteiger partial charge in [-0.3, -0.25) is 4.98 Å². The van der Waals surface area contributed by atoms with E-state index in [1.807, 2.05) is 56.3 Å². The molecule has 0 aliphatic rings. The highest BCUT2D eigenvalue weighted by molar-refractivity contribution is 5.35. The first-order chi connectivity index (χ1) is 9.20. The first-order valence-corrected chi connectivity index (χ1v) is 6.53. The molecule has 1 atom stereocenters. The van der Waals surface area contributed by atoms with Gasteiger partial charge in [0.1, 0.15) is 12.4 Å². The van der Waals surface area contributed by atoms with E-state index in [0.29, 0.717) is 13.0 Å². The summed E-state index contributed by atoms with van der Waals surface area (Å²) >= 11 is 0. The zero-order valence-corrected chi connectivity index (χ0v) is 11.3. The first-order valence-electron chi connectivity index (χ1n) is 6.53. The number of aliphatic hydroxyl groups is 1. The summed E-state index contributed by atoms with van der Waals surface area (Å²) in [6, 6.07) is 13.5. The molecule has 1 aromatic carbocycles. The molecule has 0 saturated carbocycles. The predicted octanol–water partition coefficient (Wildman–Crippen LogP) is 3.41. The first kappa shape index (κ1) is 13.6. The SMILES string of the molecule is CCC(O)c1ccccc1OCc1cccc(C)n1. The molecule has 0 bridgehead atoms. The van der Waals surface area contributed by atoms with Gasteiger partial charge in [-0.1, -0.05) is 31.2 Å². The molecule has 1 N–H and O–H groups in total. The number of nitrogens with zero attached hydrogens (tertiary/aromatic N) is 1. The summed E-state index contributed by atoms with van der Waals surface area (Å²) in [7, 11) is 0. The molecule has 3 heteroatoms. The Balaban J connectivity index is 2.11. The second-order valence-corrected chi connectivity index (χ2v) is 4.52. The molecule has 1 aromatic heterocycles. The van der Waals surface area contributed by atoms with Gasteiger partial charge in [-0.2, -0.15) is 0 Å². The monoisotopic (exact) mass is 257 g/mol. The largest absolute Gasteiger partial charge is 0.487 e. The van der Waals surface area contributed by atoms with Crippen LogP contribution < -0.4 is 4.74 Å². The fourth-order valence-electron chi connectivity index (χ4n) is 1.94. The van der Waals surface area contributed by atoms with Crippen molar-refractivity contribution in [3.8, 4) is 5.75 Å². The Morgan fingerprint density at radius 1 is 1.16 bits per heavy atom. The van der Waals surface area contributed by atoms with Gasteiger partial charge in [0.25, 0.3) is 0 Å². The average molecular weight is 257 g/mol. The maximum atomic E-state index is 9.96. The number of rotatable bonds is 5. The number of aryl methyl sites for hydroxylation is 1. The topological polar surface area (TPSA) is 42.4 Å². The molecule has 0 saturated heterocycles. The van der Waals surface area contributed by atoms with Gasteiger partial charge in [0.05, 0.1) is 11.8 Å². The van der Waals surface area contributed by atoms with Gasteiger partial charge in [0, 0.05) is 11.3 Å². The second kappa shape index (κ2) is 6.34. The lowest BCUT2D eigenvalue weighted by Crippen LogP contribution is -2.03. The van der Waals surface area contributed by atoms with Crippen LogP contribution in [0.5, 0.6) is 5.75 Å². The van der Waals surface area contributed by atoms with Gasteiger partial charge in [0.15, 0.2) is 0 Å². The zero-order valence-electron chi connectivity index (χ0n) is 11.3. The fourth-order valence-corrected chi connectivity index (χ4v) is 1.94. The minimum absolute atomic E-state index is 0.412. The molecule has 1 unspecified atom stereocenters. The van der Waals surface area contributed by atoms with Gasteiger partial charge < -0.3 is 9.84 Å². The van der Waals surface area contributed by atoms with Gasteiger partial charge >= 0.3 is 0 Å². The van der Waals surface area contributed by atoms with E-state index in [9.17, 15) is 5.11 Å². The van der Waals surface area contributed by atoms with Crippen LogP contribution in [0, 0.1) is 6.92 Å². The van der Waals surface area contributed by atoms with E-state index < -0.39 is 6.10 Å². The van der Waals surface area contributed by atoms with Gasteiger partial charge in [-0.25, -0.2) is 0 Å². The zero-order chi connectivity index (χ0) is 13.7. The maximum Gasteiger partial charge on any atom is 0.130 e. The summed E-state index contributed by atoms with van der Waals surface area (Å²) in [6.45, 7) is 4.32. The number of benzene rings is 1. The minimum atomic E-state index is -0.485. The predicted molar refractivity (Wildman–Crippen MR) is 75.0 cm³/mol. The molecule has 0 amide bonds. The van der Waals surface area contributed by atoms with E-state index in [2.05, 4.69) is 4.98 Å². The lowest BCUT2D eigenvalue weighted by molar-refractivity contribution is 0.166. The van der Waals surface area contributed by atoms with Crippen molar-refractivity contribution in [2.45, 2.75) is 33.0 Å². The normalized spacial score (nSPS) is 12.2. The Bertz CT molecular complexity index is 540. The number of para-hydroxylation sites is 1. The van der Waals surface area contributed by atoms with Gasteiger partial charge in [-0.05, 0) is 31.5 Å². The maximum absolute atomic E-state index is 9.96. The minimum Gasteiger partial charge on any atom is -0.487 e. The molecule has 3 nitrogen and oxygen atoms in total. The molecule has 2 aromatic rings. The highest BCUT2D eigenvalue weighted by Gasteiger charge is 2.11. The van der Waals surface area contributed by atoms with Crippen molar-refractivity contribution in [3.63, 3.8) is 0 Å². The molecule has 0 fully saturated rings. The van der Waals surface area contributed by atoms with Crippen LogP contribution >= 0.6 is 0 Å². The number of aliphatic hydroxyl groups excluding tert-OH is 1.